The van der Waals surface area contributed by atoms with Crippen molar-refractivity contribution in [1.29, 1.82) is 0 Å². The lowest BCUT2D eigenvalue weighted by Crippen LogP contribution is -2.26. The van der Waals surface area contributed by atoms with Crippen molar-refractivity contribution in [3.8, 4) is 22.9 Å². The molecule has 0 saturated carbocycles. The van der Waals surface area contributed by atoms with Crippen LogP contribution in [-0.4, -0.2) is 36.5 Å². The van der Waals surface area contributed by atoms with Gasteiger partial charge in [0.1, 0.15) is 23.9 Å². The Bertz CT molecular complexity index is 1310. The molecule has 4 aromatic rings. The fraction of sp³-hybridized carbons (Fsp3) is 0.200. The standard InChI is InChI=1S/C25H22BrClN2O4/c1-31-19-9-6-17(7-10-19)24-28-22-5-3-2-4-20(22)25(30)29(24)12-13-32-14-15-33-23-11-8-18(26)16-21(23)27/h2-11,16H,12-15H2,1H3. The molecular formula is C25H22BrClN2O4. The van der Waals surface area contributed by atoms with Gasteiger partial charge in [-0.15, -0.1) is 0 Å². The summed E-state index contributed by atoms with van der Waals surface area (Å²) < 4.78 is 19.2. The minimum atomic E-state index is -0.104. The van der Waals surface area contributed by atoms with Crippen LogP contribution in [0.25, 0.3) is 22.3 Å². The number of fused-ring (bicyclic) bond motifs is 1. The first-order valence-electron chi connectivity index (χ1n) is 10.4. The maximum absolute atomic E-state index is 13.2. The zero-order valence-electron chi connectivity index (χ0n) is 18.0. The van der Waals surface area contributed by atoms with Crippen LogP contribution in [0.2, 0.25) is 5.02 Å². The van der Waals surface area contributed by atoms with Crippen molar-refractivity contribution in [2.75, 3.05) is 26.9 Å². The summed E-state index contributed by atoms with van der Waals surface area (Å²) in [5, 5.41) is 1.10. The van der Waals surface area contributed by atoms with E-state index >= 15 is 0 Å². The van der Waals surface area contributed by atoms with Crippen molar-refractivity contribution >= 4 is 38.4 Å². The van der Waals surface area contributed by atoms with Crippen LogP contribution in [0.4, 0.5) is 0 Å². The Kier molecular flexibility index (Phi) is 7.65. The maximum Gasteiger partial charge on any atom is 0.261 e. The van der Waals surface area contributed by atoms with Gasteiger partial charge in [0.05, 0.1) is 42.8 Å². The van der Waals surface area contributed by atoms with E-state index < -0.39 is 0 Å². The summed E-state index contributed by atoms with van der Waals surface area (Å²) in [5.41, 5.74) is 1.38. The van der Waals surface area contributed by atoms with Gasteiger partial charge in [0.15, 0.2) is 0 Å². The molecule has 0 fully saturated rings. The number of halogens is 2. The highest BCUT2D eigenvalue weighted by Crippen LogP contribution is 2.27. The van der Waals surface area contributed by atoms with Gasteiger partial charge in [-0.25, -0.2) is 4.98 Å². The van der Waals surface area contributed by atoms with E-state index in [4.69, 9.17) is 30.8 Å². The Morgan fingerprint density at radius 1 is 1.00 bits per heavy atom. The monoisotopic (exact) mass is 528 g/mol. The Hall–Kier alpha value is -2.87. The van der Waals surface area contributed by atoms with Crippen LogP contribution in [0.3, 0.4) is 0 Å². The molecule has 0 atom stereocenters. The SMILES string of the molecule is COc1ccc(-c2nc3ccccc3c(=O)n2CCOCCOc2ccc(Br)cc2Cl)cc1. The lowest BCUT2D eigenvalue weighted by atomic mass is 10.1. The first kappa shape index (κ1) is 23.3. The molecule has 0 spiro atoms. The predicted octanol–water partition coefficient (Wildman–Crippen LogP) is 5.58. The molecule has 1 aromatic heterocycles. The summed E-state index contributed by atoms with van der Waals surface area (Å²) in [6, 6.07) is 20.3. The quantitative estimate of drug-likeness (QED) is 0.265. The van der Waals surface area contributed by atoms with Crippen molar-refractivity contribution < 1.29 is 14.2 Å². The molecule has 0 radical (unpaired) electrons. The molecule has 0 aliphatic rings. The molecule has 0 aliphatic carbocycles. The molecule has 8 heteroatoms. The first-order chi connectivity index (χ1) is 16.1. The van der Waals surface area contributed by atoms with E-state index in [1.807, 2.05) is 48.5 Å². The predicted molar refractivity (Wildman–Crippen MR) is 133 cm³/mol. The number of hydrogen-bond acceptors (Lipinski definition) is 5. The van der Waals surface area contributed by atoms with Crippen LogP contribution in [0.15, 0.2) is 76.0 Å². The molecule has 33 heavy (non-hydrogen) atoms. The second kappa shape index (κ2) is 10.8. The topological polar surface area (TPSA) is 62.6 Å². The number of aromatic nitrogens is 2. The summed E-state index contributed by atoms with van der Waals surface area (Å²) in [4.78, 5) is 18.0. The number of ether oxygens (including phenoxy) is 3. The molecule has 170 valence electrons. The number of benzene rings is 3. The van der Waals surface area contributed by atoms with E-state index in [0.29, 0.717) is 53.9 Å². The Labute approximate surface area is 204 Å². The molecule has 3 aromatic carbocycles. The smallest absolute Gasteiger partial charge is 0.261 e. The average molecular weight is 530 g/mol. The van der Waals surface area contributed by atoms with E-state index in [1.165, 1.54) is 0 Å². The Morgan fingerprint density at radius 2 is 1.79 bits per heavy atom. The minimum absolute atomic E-state index is 0.104. The molecule has 6 nitrogen and oxygen atoms in total. The number of methoxy groups -OCH3 is 1. The van der Waals surface area contributed by atoms with E-state index in [1.54, 1.807) is 29.9 Å². The summed E-state index contributed by atoms with van der Waals surface area (Å²) in [7, 11) is 1.62. The largest absolute Gasteiger partial charge is 0.497 e. The van der Waals surface area contributed by atoms with Gasteiger partial charge in [-0.3, -0.25) is 9.36 Å². The van der Waals surface area contributed by atoms with Crippen molar-refractivity contribution in [3.63, 3.8) is 0 Å². The second-order valence-electron chi connectivity index (χ2n) is 7.17. The molecule has 0 saturated heterocycles. The highest BCUT2D eigenvalue weighted by Gasteiger charge is 2.13. The van der Waals surface area contributed by atoms with Crippen molar-refractivity contribution in [1.82, 2.24) is 9.55 Å². The zero-order chi connectivity index (χ0) is 23.2. The molecule has 0 bridgehead atoms. The van der Waals surface area contributed by atoms with Gasteiger partial charge in [-0.1, -0.05) is 39.7 Å². The molecule has 0 amide bonds. The van der Waals surface area contributed by atoms with Gasteiger partial charge in [0.25, 0.3) is 5.56 Å². The van der Waals surface area contributed by atoms with Gasteiger partial charge >= 0.3 is 0 Å². The summed E-state index contributed by atoms with van der Waals surface area (Å²) in [6.07, 6.45) is 0. The third-order valence-electron chi connectivity index (χ3n) is 5.05. The molecule has 0 unspecified atom stereocenters. The van der Waals surface area contributed by atoms with Crippen LogP contribution < -0.4 is 15.0 Å². The molecule has 1 heterocycles. The van der Waals surface area contributed by atoms with Crippen molar-refractivity contribution in [2.45, 2.75) is 6.54 Å². The van der Waals surface area contributed by atoms with Crippen LogP contribution in [-0.2, 0) is 11.3 Å². The Morgan fingerprint density at radius 3 is 2.55 bits per heavy atom. The van der Waals surface area contributed by atoms with Gasteiger partial charge < -0.3 is 14.2 Å². The molecule has 0 N–H and O–H groups in total. The maximum atomic E-state index is 13.2. The molecule has 0 aliphatic heterocycles. The fourth-order valence-electron chi connectivity index (χ4n) is 3.40. The number of rotatable bonds is 9. The van der Waals surface area contributed by atoms with Gasteiger partial charge in [0.2, 0.25) is 0 Å². The van der Waals surface area contributed by atoms with E-state index in [9.17, 15) is 4.79 Å². The van der Waals surface area contributed by atoms with Crippen LogP contribution in [0.5, 0.6) is 11.5 Å². The van der Waals surface area contributed by atoms with Crippen LogP contribution in [0.1, 0.15) is 0 Å². The van der Waals surface area contributed by atoms with E-state index in [-0.39, 0.29) is 5.56 Å². The second-order valence-corrected chi connectivity index (χ2v) is 8.50. The number of hydrogen-bond donors (Lipinski definition) is 0. The van der Waals surface area contributed by atoms with Crippen molar-refractivity contribution in [3.05, 3.63) is 86.6 Å². The fourth-order valence-corrected chi connectivity index (χ4v) is 4.12. The summed E-state index contributed by atoms with van der Waals surface area (Å²) in [5.74, 6) is 1.92. The average Bonchev–Trinajstić information content (AvgIpc) is 2.83. The van der Waals surface area contributed by atoms with Gasteiger partial charge in [0, 0.05) is 10.0 Å². The van der Waals surface area contributed by atoms with E-state index in [2.05, 4.69) is 15.9 Å². The summed E-state index contributed by atoms with van der Waals surface area (Å²) >= 11 is 9.53. The zero-order valence-corrected chi connectivity index (χ0v) is 20.3. The van der Waals surface area contributed by atoms with Gasteiger partial charge in [-0.05, 0) is 54.6 Å². The molecule has 4 rings (SSSR count). The molecular weight excluding hydrogens is 508 g/mol. The first-order valence-corrected chi connectivity index (χ1v) is 11.5. The van der Waals surface area contributed by atoms with Gasteiger partial charge in [-0.2, -0.15) is 0 Å². The van der Waals surface area contributed by atoms with Crippen LogP contribution in [0, 0.1) is 0 Å². The third kappa shape index (κ3) is 5.55. The lowest BCUT2D eigenvalue weighted by Gasteiger charge is -2.14. The van der Waals surface area contributed by atoms with Crippen molar-refractivity contribution in [2.24, 2.45) is 0 Å². The summed E-state index contributed by atoms with van der Waals surface area (Å²) in [6.45, 7) is 1.40. The minimum Gasteiger partial charge on any atom is -0.497 e. The number of para-hydroxylation sites is 1. The van der Waals surface area contributed by atoms with Crippen LogP contribution >= 0.6 is 27.5 Å². The highest BCUT2D eigenvalue weighted by molar-refractivity contribution is 9.10. The number of nitrogens with zero attached hydrogens (tertiary/aromatic N) is 2. The lowest BCUT2D eigenvalue weighted by molar-refractivity contribution is 0.0941. The van der Waals surface area contributed by atoms with E-state index in [0.717, 1.165) is 15.8 Å². The highest BCUT2D eigenvalue weighted by atomic mass is 79.9. The third-order valence-corrected chi connectivity index (χ3v) is 5.84. The Balaban J connectivity index is 1.46. The normalized spacial score (nSPS) is 11.0.